The molecule has 15 rings (SSSR count). The number of hydrogen-bond acceptors (Lipinski definition) is 4. The molecule has 1 heterocycles. The molecule has 82 heavy (non-hydrogen) atoms. The van der Waals surface area contributed by atoms with Crippen LogP contribution in [0.1, 0.15) is 98.3 Å². The zero-order valence-corrected chi connectivity index (χ0v) is 46.8. The molecule has 4 heteroatoms. The number of para-hydroxylation sites is 3. The average molecular weight is 1060 g/mol. The van der Waals surface area contributed by atoms with Gasteiger partial charge in [0.2, 0.25) is 0 Å². The van der Waals surface area contributed by atoms with Crippen LogP contribution in [0.4, 0.5) is 34.1 Å². The fourth-order valence-electron chi connectivity index (χ4n) is 14.4. The van der Waals surface area contributed by atoms with E-state index in [4.69, 9.17) is 4.42 Å². The Morgan fingerprint density at radius 3 is 1.39 bits per heavy atom. The summed E-state index contributed by atoms with van der Waals surface area (Å²) < 4.78 is 7.27. The van der Waals surface area contributed by atoms with Gasteiger partial charge in [0.25, 0.3) is 0 Å². The van der Waals surface area contributed by atoms with Crippen LogP contribution in [0.5, 0.6) is 5.75 Å². The molecule has 0 spiro atoms. The Balaban J connectivity index is 0.926. The van der Waals surface area contributed by atoms with Crippen molar-refractivity contribution in [2.24, 2.45) is 0 Å². The van der Waals surface area contributed by atoms with Crippen LogP contribution < -0.4 is 9.80 Å². The third kappa shape index (κ3) is 8.58. The number of fused-ring (bicyclic) bond motifs is 3. The van der Waals surface area contributed by atoms with Gasteiger partial charge in [-0.25, -0.2) is 0 Å². The highest BCUT2D eigenvalue weighted by molar-refractivity contribution is 6.28. The number of nitrogens with zero attached hydrogens (tertiary/aromatic N) is 2. The molecule has 1 aromatic heterocycles. The first-order valence-corrected chi connectivity index (χ1v) is 29.9. The second-order valence-electron chi connectivity index (χ2n) is 23.4. The van der Waals surface area contributed by atoms with Crippen LogP contribution in [0.15, 0.2) is 229 Å². The third-order valence-corrected chi connectivity index (χ3v) is 18.6. The van der Waals surface area contributed by atoms with Crippen molar-refractivity contribution in [3.63, 3.8) is 0 Å². The Morgan fingerprint density at radius 2 is 0.805 bits per heavy atom. The molecule has 13 aromatic rings. The first-order chi connectivity index (χ1) is 40.4. The molecular weight excluding hydrogens is 997 g/mol. The zero-order chi connectivity index (χ0) is 54.8. The molecule has 0 saturated heterocycles. The smallest absolute Gasteiger partial charge is 0.159 e. The normalized spacial score (nSPS) is 14.4. The lowest BCUT2D eigenvalue weighted by atomic mass is 9.84. The Bertz CT molecular complexity index is 4520. The van der Waals surface area contributed by atoms with Crippen molar-refractivity contribution in [1.82, 2.24) is 0 Å². The van der Waals surface area contributed by atoms with Gasteiger partial charge in [-0.05, 0) is 172 Å². The number of benzene rings is 12. The maximum atomic E-state index is 12.9. The number of hydrogen-bond donors (Lipinski definition) is 1. The van der Waals surface area contributed by atoms with Crippen molar-refractivity contribution in [2.75, 3.05) is 9.80 Å². The van der Waals surface area contributed by atoms with Crippen LogP contribution in [0.3, 0.4) is 0 Å². The maximum absolute atomic E-state index is 12.9. The van der Waals surface area contributed by atoms with E-state index in [-0.39, 0.29) is 5.75 Å². The zero-order valence-electron chi connectivity index (χ0n) is 46.8. The molecule has 0 aliphatic heterocycles. The van der Waals surface area contributed by atoms with Crippen molar-refractivity contribution in [3.8, 4) is 39.1 Å². The summed E-state index contributed by atoms with van der Waals surface area (Å²) in [5.41, 5.74) is 19.3. The number of anilines is 6. The summed E-state index contributed by atoms with van der Waals surface area (Å²) in [6.45, 7) is 4.34. The van der Waals surface area contributed by atoms with Gasteiger partial charge in [0, 0.05) is 44.0 Å². The summed E-state index contributed by atoms with van der Waals surface area (Å²) in [6.07, 6.45) is 12.8. The first kappa shape index (κ1) is 49.9. The van der Waals surface area contributed by atoms with E-state index in [0.29, 0.717) is 11.8 Å². The van der Waals surface area contributed by atoms with E-state index >= 15 is 0 Å². The Hall–Kier alpha value is -9.12. The van der Waals surface area contributed by atoms with Crippen molar-refractivity contribution in [3.05, 3.63) is 247 Å². The lowest BCUT2D eigenvalue weighted by molar-refractivity contribution is 0.443. The number of aryl methyl sites for hydroxylation is 2. The van der Waals surface area contributed by atoms with Gasteiger partial charge in [0.15, 0.2) is 5.58 Å². The Morgan fingerprint density at radius 1 is 0.354 bits per heavy atom. The minimum atomic E-state index is 0.240. The molecule has 0 atom stereocenters. The van der Waals surface area contributed by atoms with Crippen LogP contribution in [-0.4, -0.2) is 5.11 Å². The number of phenols is 1. The molecule has 12 aromatic carbocycles. The van der Waals surface area contributed by atoms with Gasteiger partial charge < -0.3 is 19.3 Å². The molecule has 400 valence electrons. The van der Waals surface area contributed by atoms with Gasteiger partial charge in [-0.1, -0.05) is 208 Å². The van der Waals surface area contributed by atoms with E-state index in [1.54, 1.807) is 0 Å². The summed E-state index contributed by atoms with van der Waals surface area (Å²) in [4.78, 5) is 4.75. The second-order valence-corrected chi connectivity index (χ2v) is 23.4. The lowest BCUT2D eigenvalue weighted by Crippen LogP contribution is -2.12. The minimum Gasteiger partial charge on any atom is -0.505 e. The Labute approximate surface area is 480 Å². The highest BCUT2D eigenvalue weighted by Crippen LogP contribution is 2.52. The van der Waals surface area contributed by atoms with Crippen molar-refractivity contribution in [1.29, 1.82) is 0 Å². The summed E-state index contributed by atoms with van der Waals surface area (Å²) >= 11 is 0. The van der Waals surface area contributed by atoms with E-state index in [0.717, 1.165) is 89.1 Å². The van der Waals surface area contributed by atoms with Gasteiger partial charge in [0.1, 0.15) is 11.3 Å². The molecular formula is C78H66N2O2. The molecule has 2 fully saturated rings. The second kappa shape index (κ2) is 20.8. The Kier molecular flexibility index (Phi) is 12.6. The molecule has 0 amide bonds. The monoisotopic (exact) mass is 1060 g/mol. The summed E-state index contributed by atoms with van der Waals surface area (Å²) in [7, 11) is 0. The van der Waals surface area contributed by atoms with E-state index in [2.05, 4.69) is 248 Å². The average Bonchev–Trinajstić information content (AvgIpc) is 2.43. The summed E-state index contributed by atoms with van der Waals surface area (Å²) in [5, 5.41) is 22.1. The van der Waals surface area contributed by atoms with Crippen LogP contribution in [0, 0.1) is 13.8 Å². The number of phenolic OH excluding ortho intramolecular Hbond substituents is 1. The topological polar surface area (TPSA) is 39.9 Å². The van der Waals surface area contributed by atoms with Gasteiger partial charge in [-0.15, -0.1) is 0 Å². The molecule has 2 saturated carbocycles. The van der Waals surface area contributed by atoms with Gasteiger partial charge in [0.05, 0.1) is 22.7 Å². The van der Waals surface area contributed by atoms with Crippen molar-refractivity contribution >= 4 is 88.4 Å². The largest absolute Gasteiger partial charge is 0.505 e. The highest BCUT2D eigenvalue weighted by Gasteiger charge is 2.28. The van der Waals surface area contributed by atoms with Crippen molar-refractivity contribution < 1.29 is 9.52 Å². The highest BCUT2D eigenvalue weighted by atomic mass is 16.3. The maximum Gasteiger partial charge on any atom is 0.159 e. The molecule has 0 unspecified atom stereocenters. The van der Waals surface area contributed by atoms with Gasteiger partial charge in [-0.3, -0.25) is 0 Å². The molecule has 0 bridgehead atoms. The fraction of sp³-hybridized carbons (Fsp3) is 0.179. The first-order valence-electron chi connectivity index (χ1n) is 29.9. The van der Waals surface area contributed by atoms with E-state index in [9.17, 15) is 5.11 Å². The molecule has 4 nitrogen and oxygen atoms in total. The van der Waals surface area contributed by atoms with Crippen LogP contribution in [0.25, 0.3) is 87.6 Å². The minimum absolute atomic E-state index is 0.240. The summed E-state index contributed by atoms with van der Waals surface area (Å²) in [5.74, 6) is 1.40. The molecule has 2 aliphatic carbocycles. The van der Waals surface area contributed by atoms with Crippen LogP contribution in [-0.2, 0) is 0 Å². The number of rotatable bonds is 11. The number of furan rings is 1. The third-order valence-electron chi connectivity index (χ3n) is 18.6. The van der Waals surface area contributed by atoms with E-state index in [1.165, 1.54) is 119 Å². The van der Waals surface area contributed by atoms with Crippen molar-refractivity contribution in [2.45, 2.75) is 89.9 Å². The number of aromatic hydroxyl groups is 1. The van der Waals surface area contributed by atoms with Crippen LogP contribution >= 0.6 is 0 Å². The lowest BCUT2D eigenvalue weighted by Gasteiger charge is -2.30. The summed E-state index contributed by atoms with van der Waals surface area (Å²) in [6, 6.07) is 82.3. The van der Waals surface area contributed by atoms with E-state index in [1.807, 2.05) is 0 Å². The molecule has 0 radical (unpaired) electrons. The molecule has 1 N–H and O–H groups in total. The molecule has 2 aliphatic rings. The fourth-order valence-corrected chi connectivity index (χ4v) is 14.4. The quantitative estimate of drug-likeness (QED) is 0.131. The SMILES string of the molecule is Cc1ccccc1-c1cccc(-c2cccc(N(c3ccc(C4CCCCC4)cc3)c3ccc4ccc5c(N(c6ccc(C7CCCCC7)cc6)c6cccc7c6oc6c(-c8ccccc8C)cccc67)ccc6ccc3c4c65)c2O)c1. The van der Waals surface area contributed by atoms with Gasteiger partial charge >= 0.3 is 0 Å². The standard InChI is InChI=1S/C78H66N2O2/c1-50-17-9-11-25-62(50)58-23-13-24-59(49-58)64-27-15-31-72(76(64)81)79(60-41-33-54(34-42-60)52-19-5-3-6-20-52)70-47-39-56-38-46-69-71(48-40-57-37-45-68(70)74(56)75(57)69)80(61-43-35-55(36-44-61)53-21-7-4-8-22-53)73-32-16-30-67-66-29-14-28-65(77(66)82-78(67)73)63-26-12-10-18-51(63)2/h9-18,23-49,52-53,81H,3-8,19-22H2,1-2H3. The van der Waals surface area contributed by atoms with Gasteiger partial charge in [-0.2, -0.15) is 0 Å². The predicted molar refractivity (Wildman–Crippen MR) is 346 cm³/mol. The van der Waals surface area contributed by atoms with Crippen LogP contribution in [0.2, 0.25) is 0 Å². The predicted octanol–water partition coefficient (Wildman–Crippen LogP) is 22.8. The van der Waals surface area contributed by atoms with E-state index < -0.39 is 0 Å².